The SMILES string of the molecule is CC(C)(C)OC(=O)N1CC[C@@H](O[Si](C)(C)C(C)(C)C)[C@H]1[CH2][Hg][Br]. The van der Waals surface area contributed by atoms with Crippen molar-refractivity contribution in [3.8, 4) is 0 Å². The summed E-state index contributed by atoms with van der Waals surface area (Å²) >= 11 is 2.68. The molecule has 4 nitrogen and oxygen atoms in total. The van der Waals surface area contributed by atoms with E-state index in [0.717, 1.165) is 16.9 Å². The number of rotatable bonds is 4. The molecule has 0 N–H and O–H groups in total. The molecule has 0 aromatic rings. The Bertz CT molecular complexity index is 421. The van der Waals surface area contributed by atoms with E-state index in [9.17, 15) is 4.79 Å². The fraction of sp³-hybridized carbons (Fsp3) is 0.938. The Morgan fingerprint density at radius 2 is 1.83 bits per heavy atom. The Morgan fingerprint density at radius 1 is 1.26 bits per heavy atom. The number of carbonyl (C=O) groups is 1. The molecule has 1 saturated heterocycles. The van der Waals surface area contributed by atoms with Crippen LogP contribution in [0.1, 0.15) is 48.0 Å². The van der Waals surface area contributed by atoms with Gasteiger partial charge in [0.15, 0.2) is 0 Å². The van der Waals surface area contributed by atoms with Gasteiger partial charge in [0, 0.05) is 0 Å². The maximum absolute atomic E-state index is 12.5. The van der Waals surface area contributed by atoms with Crippen LogP contribution in [0, 0.1) is 0 Å². The summed E-state index contributed by atoms with van der Waals surface area (Å²) in [7, 11) is -1.82. The summed E-state index contributed by atoms with van der Waals surface area (Å²) in [5, 5.41) is 0.190. The number of amides is 1. The average Bonchev–Trinajstić information content (AvgIpc) is 2.68. The zero-order valence-corrected chi connectivity index (χ0v) is 24.1. The number of hydrogen-bond acceptors (Lipinski definition) is 3. The van der Waals surface area contributed by atoms with Crippen LogP contribution in [0.3, 0.4) is 0 Å². The molecule has 0 spiro atoms. The number of likely N-dealkylation sites (tertiary alicyclic amines) is 1. The van der Waals surface area contributed by atoms with Crippen LogP contribution >= 0.6 is 11.9 Å². The van der Waals surface area contributed by atoms with Crippen molar-refractivity contribution < 1.29 is 36.1 Å². The molecule has 0 aliphatic carbocycles. The molecule has 1 fully saturated rings. The van der Waals surface area contributed by atoms with E-state index in [1.54, 1.807) is 0 Å². The van der Waals surface area contributed by atoms with Gasteiger partial charge in [0.1, 0.15) is 0 Å². The van der Waals surface area contributed by atoms with Gasteiger partial charge in [0.05, 0.1) is 0 Å². The topological polar surface area (TPSA) is 38.8 Å². The zero-order chi connectivity index (χ0) is 18.1. The van der Waals surface area contributed by atoms with Crippen LogP contribution in [0.2, 0.25) is 22.1 Å². The third kappa shape index (κ3) is 6.26. The second kappa shape index (κ2) is 8.04. The molecule has 1 rings (SSSR count). The molecule has 1 heterocycles. The molecule has 1 aliphatic heterocycles. The van der Waals surface area contributed by atoms with Gasteiger partial charge in [-0.3, -0.25) is 0 Å². The van der Waals surface area contributed by atoms with Crippen LogP contribution < -0.4 is 0 Å². The molecule has 2 atom stereocenters. The molecular formula is C16H32BrHgNO3Si. The standard InChI is InChI=1S/C16H32NO3Si.BrH.Hg/c1-12-13(20-21(8,9)16(5,6)7)10-11-17(12)14(18)19-15(2,3)4;;/h12-13H,1,10-11H2,2-9H3;1H;/q;;+1/p-1/t12-,13-;;/m1../s1. The second-order valence-corrected chi connectivity index (χ2v) is 24.4. The monoisotopic (exact) mass is 595 g/mol. The number of hydrogen-bond donors (Lipinski definition) is 0. The summed E-state index contributed by atoms with van der Waals surface area (Å²) in [5.41, 5.74) is -0.446. The van der Waals surface area contributed by atoms with E-state index in [2.05, 4.69) is 45.8 Å². The van der Waals surface area contributed by atoms with E-state index in [1.165, 1.54) is 0 Å². The first-order valence-corrected chi connectivity index (χ1v) is 27.2. The Balaban J connectivity index is 2.86. The maximum atomic E-state index is 12.5. The molecule has 0 aromatic heterocycles. The minimum absolute atomic E-state index is 0.168. The molecule has 0 aromatic carbocycles. The quantitative estimate of drug-likeness (QED) is 0.420. The second-order valence-electron chi connectivity index (χ2n) is 8.92. The zero-order valence-electron chi connectivity index (χ0n) is 16.0. The van der Waals surface area contributed by atoms with Gasteiger partial charge in [-0.25, -0.2) is 0 Å². The molecule has 1 aliphatic rings. The van der Waals surface area contributed by atoms with Crippen molar-refractivity contribution in [3.05, 3.63) is 0 Å². The van der Waals surface area contributed by atoms with Crippen molar-refractivity contribution in [2.45, 2.75) is 87.8 Å². The molecule has 7 heteroatoms. The third-order valence-corrected chi connectivity index (χ3v) is 16.4. The van der Waals surface area contributed by atoms with Crippen LogP contribution in [-0.2, 0) is 31.3 Å². The van der Waals surface area contributed by atoms with Gasteiger partial charge >= 0.3 is 162 Å². The van der Waals surface area contributed by atoms with Crippen molar-refractivity contribution in [3.63, 3.8) is 0 Å². The molecule has 23 heavy (non-hydrogen) atoms. The van der Waals surface area contributed by atoms with Crippen LogP contribution in [0.5, 0.6) is 0 Å². The van der Waals surface area contributed by atoms with Gasteiger partial charge in [-0.05, 0) is 0 Å². The molecule has 0 bridgehead atoms. The summed E-state index contributed by atoms with van der Waals surface area (Å²) in [6.07, 6.45) is 0.913. The number of ether oxygens (including phenoxy) is 1. The van der Waals surface area contributed by atoms with Gasteiger partial charge in [0.2, 0.25) is 0 Å². The van der Waals surface area contributed by atoms with Crippen LogP contribution in [0.4, 0.5) is 4.79 Å². The summed E-state index contributed by atoms with van der Waals surface area (Å²) < 4.78 is 13.3. The van der Waals surface area contributed by atoms with Crippen molar-refractivity contribution in [2.75, 3.05) is 6.54 Å². The Hall–Kier alpha value is 0.862. The summed E-state index contributed by atoms with van der Waals surface area (Å²) in [6.45, 7) is 17.9. The van der Waals surface area contributed by atoms with Gasteiger partial charge in [-0.1, -0.05) is 0 Å². The van der Waals surface area contributed by atoms with E-state index < -0.39 is 36.1 Å². The van der Waals surface area contributed by atoms with Crippen LogP contribution in [0.15, 0.2) is 0 Å². The Labute approximate surface area is 160 Å². The molecule has 132 valence electrons. The fourth-order valence-electron chi connectivity index (χ4n) is 2.52. The molecular weight excluding hydrogens is 563 g/mol. The van der Waals surface area contributed by atoms with E-state index in [-0.39, 0.29) is 23.3 Å². The summed E-state index contributed by atoms with van der Waals surface area (Å²) in [5.74, 6) is 0. The van der Waals surface area contributed by atoms with Crippen LogP contribution in [0.25, 0.3) is 0 Å². The van der Waals surface area contributed by atoms with Gasteiger partial charge in [-0.15, -0.1) is 0 Å². The van der Waals surface area contributed by atoms with Crippen molar-refractivity contribution in [1.29, 1.82) is 0 Å². The van der Waals surface area contributed by atoms with Crippen molar-refractivity contribution in [2.24, 2.45) is 0 Å². The first-order chi connectivity index (χ1) is 10.3. The molecule has 0 radical (unpaired) electrons. The predicted molar refractivity (Wildman–Crippen MR) is 97.1 cm³/mol. The van der Waals surface area contributed by atoms with E-state index >= 15 is 0 Å². The van der Waals surface area contributed by atoms with E-state index in [0.29, 0.717) is 0 Å². The van der Waals surface area contributed by atoms with E-state index in [1.807, 2.05) is 25.7 Å². The average molecular weight is 595 g/mol. The van der Waals surface area contributed by atoms with Gasteiger partial charge in [-0.2, -0.15) is 0 Å². The number of carbonyl (C=O) groups excluding carboxylic acids is 1. The number of halogens is 1. The predicted octanol–water partition coefficient (Wildman–Crippen LogP) is 5.20. The third-order valence-electron chi connectivity index (χ3n) is 4.77. The van der Waals surface area contributed by atoms with Gasteiger partial charge in [0.25, 0.3) is 0 Å². The summed E-state index contributed by atoms with van der Waals surface area (Å²) in [6, 6.07) is 0.194. The fourth-order valence-corrected chi connectivity index (χ4v) is 11.5. The van der Waals surface area contributed by atoms with Crippen molar-refractivity contribution >= 4 is 26.3 Å². The normalized spacial score (nSPS) is 22.9. The first-order valence-electron chi connectivity index (χ1n) is 8.52. The molecule has 0 saturated carbocycles. The Kier molecular flexibility index (Phi) is 7.66. The van der Waals surface area contributed by atoms with Gasteiger partial charge < -0.3 is 0 Å². The summed E-state index contributed by atoms with van der Waals surface area (Å²) in [4.78, 5) is 14.4. The molecule has 0 unspecified atom stereocenters. The minimum atomic E-state index is -1.82. The Morgan fingerprint density at radius 3 is 2.26 bits per heavy atom. The molecule has 1 amide bonds. The van der Waals surface area contributed by atoms with E-state index in [4.69, 9.17) is 9.16 Å². The first kappa shape index (κ1) is 21.9. The van der Waals surface area contributed by atoms with Crippen LogP contribution in [-0.4, -0.2) is 43.6 Å². The number of nitrogens with zero attached hydrogens (tertiary/aromatic N) is 1. The van der Waals surface area contributed by atoms with Crippen molar-refractivity contribution in [1.82, 2.24) is 4.90 Å².